The van der Waals surface area contributed by atoms with Crippen molar-refractivity contribution in [3.63, 3.8) is 0 Å². The van der Waals surface area contributed by atoms with Crippen molar-refractivity contribution in [3.8, 4) is 0 Å². The summed E-state index contributed by atoms with van der Waals surface area (Å²) in [6.45, 7) is 13.5. The van der Waals surface area contributed by atoms with E-state index >= 15 is 0 Å². The zero-order valence-corrected chi connectivity index (χ0v) is 12.3. The first kappa shape index (κ1) is 15.2. The van der Waals surface area contributed by atoms with Crippen molar-refractivity contribution >= 4 is 5.96 Å². The molecular weight excluding hydrogens is 236 g/mol. The van der Waals surface area contributed by atoms with Crippen LogP contribution in [0, 0.1) is 0 Å². The van der Waals surface area contributed by atoms with E-state index in [4.69, 9.17) is 5.73 Å². The summed E-state index contributed by atoms with van der Waals surface area (Å²) < 4.78 is 0. The molecule has 0 aliphatic heterocycles. The number of nitrogens with zero attached hydrogens (tertiary/aromatic N) is 2. The van der Waals surface area contributed by atoms with Crippen molar-refractivity contribution in [1.29, 1.82) is 0 Å². The highest BCUT2D eigenvalue weighted by atomic mass is 15.1. The number of guanidine groups is 1. The van der Waals surface area contributed by atoms with Crippen LogP contribution in [0.4, 0.5) is 0 Å². The molecule has 4 heteroatoms. The van der Waals surface area contributed by atoms with Gasteiger partial charge in [0.05, 0.1) is 6.54 Å². The summed E-state index contributed by atoms with van der Waals surface area (Å²) in [5, 5.41) is 3.02. The van der Waals surface area contributed by atoms with Crippen LogP contribution in [0.15, 0.2) is 35.6 Å². The van der Waals surface area contributed by atoms with Gasteiger partial charge in [0.15, 0.2) is 5.96 Å². The lowest BCUT2D eigenvalue weighted by molar-refractivity contribution is 0.581. The Morgan fingerprint density at radius 3 is 2.74 bits per heavy atom. The maximum atomic E-state index is 5.81. The van der Waals surface area contributed by atoms with E-state index in [1.165, 1.54) is 5.56 Å². The van der Waals surface area contributed by atoms with Gasteiger partial charge in [-0.2, -0.15) is 0 Å². The second kappa shape index (κ2) is 6.36. The van der Waals surface area contributed by atoms with Crippen LogP contribution in [0.25, 0.3) is 0 Å². The second-order valence-electron chi connectivity index (χ2n) is 5.79. The molecule has 0 aliphatic carbocycles. The third kappa shape index (κ3) is 5.12. The van der Waals surface area contributed by atoms with Gasteiger partial charge < -0.3 is 11.1 Å². The predicted octanol–water partition coefficient (Wildman–Crippen LogP) is 2.36. The summed E-state index contributed by atoms with van der Waals surface area (Å²) in [5.74, 6) is 0.437. The van der Waals surface area contributed by atoms with E-state index in [1.54, 1.807) is 0 Å². The summed E-state index contributed by atoms with van der Waals surface area (Å²) in [6.07, 6.45) is 3.67. The summed E-state index contributed by atoms with van der Waals surface area (Å²) >= 11 is 0. The monoisotopic (exact) mass is 260 g/mol. The zero-order valence-electron chi connectivity index (χ0n) is 12.3. The molecule has 1 aromatic rings. The molecule has 0 amide bonds. The predicted molar refractivity (Wildman–Crippen MR) is 81.1 cm³/mol. The van der Waals surface area contributed by atoms with Gasteiger partial charge in [-0.05, 0) is 29.5 Å². The fraction of sp³-hybridized carbons (Fsp3) is 0.467. The van der Waals surface area contributed by atoms with Crippen LogP contribution in [0.3, 0.4) is 0 Å². The molecule has 0 unspecified atom stereocenters. The molecule has 0 atom stereocenters. The molecule has 1 heterocycles. The highest BCUT2D eigenvalue weighted by Gasteiger charge is 2.17. The van der Waals surface area contributed by atoms with Gasteiger partial charge in [-0.3, -0.25) is 4.98 Å². The van der Waals surface area contributed by atoms with Crippen molar-refractivity contribution < 1.29 is 0 Å². The topological polar surface area (TPSA) is 63.3 Å². The average Bonchev–Trinajstić information content (AvgIpc) is 2.33. The van der Waals surface area contributed by atoms with Crippen LogP contribution in [0.2, 0.25) is 0 Å². The van der Waals surface area contributed by atoms with Crippen molar-refractivity contribution in [2.75, 3.05) is 6.54 Å². The first-order valence-electron chi connectivity index (χ1n) is 6.42. The molecule has 3 N–H and O–H groups in total. The van der Waals surface area contributed by atoms with Gasteiger partial charge in [-0.15, -0.1) is 0 Å². The Balaban J connectivity index is 2.78. The van der Waals surface area contributed by atoms with Gasteiger partial charge in [0.1, 0.15) is 0 Å². The molecule has 0 fully saturated rings. The SMILES string of the molecule is C=C(C)CNC(N)=NCc1cnccc1C(C)(C)C. The first-order chi connectivity index (χ1) is 8.80. The lowest BCUT2D eigenvalue weighted by atomic mass is 9.85. The van der Waals surface area contributed by atoms with Crippen LogP contribution in [-0.2, 0) is 12.0 Å². The fourth-order valence-electron chi connectivity index (χ4n) is 1.75. The Bertz CT molecular complexity index is 469. The fourth-order valence-corrected chi connectivity index (χ4v) is 1.75. The molecule has 0 saturated heterocycles. The molecule has 1 rings (SSSR count). The van der Waals surface area contributed by atoms with Crippen LogP contribution < -0.4 is 11.1 Å². The minimum Gasteiger partial charge on any atom is -0.370 e. The molecular formula is C15H24N4. The number of rotatable bonds is 4. The van der Waals surface area contributed by atoms with E-state index < -0.39 is 0 Å². The van der Waals surface area contributed by atoms with Gasteiger partial charge in [-0.1, -0.05) is 32.9 Å². The van der Waals surface area contributed by atoms with E-state index in [1.807, 2.05) is 25.4 Å². The van der Waals surface area contributed by atoms with Crippen molar-refractivity contribution in [1.82, 2.24) is 10.3 Å². The standard InChI is InChI=1S/C15H24N4/c1-11(2)8-18-14(16)19-10-12-9-17-7-6-13(12)15(3,4)5/h6-7,9H,1,8,10H2,2-5H3,(H3,16,18,19). The maximum absolute atomic E-state index is 5.81. The van der Waals surface area contributed by atoms with Crippen LogP contribution in [0.5, 0.6) is 0 Å². The second-order valence-corrected chi connectivity index (χ2v) is 5.79. The van der Waals surface area contributed by atoms with Crippen molar-refractivity contribution in [2.24, 2.45) is 10.7 Å². The Morgan fingerprint density at radius 1 is 1.47 bits per heavy atom. The van der Waals surface area contributed by atoms with Crippen molar-refractivity contribution in [2.45, 2.75) is 39.7 Å². The molecule has 104 valence electrons. The smallest absolute Gasteiger partial charge is 0.189 e. The van der Waals surface area contributed by atoms with Gasteiger partial charge in [0, 0.05) is 18.9 Å². The van der Waals surface area contributed by atoms with Gasteiger partial charge >= 0.3 is 0 Å². The normalized spacial score (nSPS) is 12.3. The van der Waals surface area contributed by atoms with Gasteiger partial charge in [0.25, 0.3) is 0 Å². The maximum Gasteiger partial charge on any atom is 0.189 e. The molecule has 19 heavy (non-hydrogen) atoms. The third-order valence-electron chi connectivity index (χ3n) is 2.70. The highest BCUT2D eigenvalue weighted by Crippen LogP contribution is 2.25. The molecule has 1 aromatic heterocycles. The molecule has 0 saturated carbocycles. The summed E-state index contributed by atoms with van der Waals surface area (Å²) in [7, 11) is 0. The van der Waals surface area contributed by atoms with E-state index in [9.17, 15) is 0 Å². The zero-order chi connectivity index (χ0) is 14.5. The lowest BCUT2D eigenvalue weighted by Crippen LogP contribution is -2.32. The van der Waals surface area contributed by atoms with E-state index in [0.29, 0.717) is 19.0 Å². The molecule has 4 nitrogen and oxygen atoms in total. The van der Waals surface area contributed by atoms with E-state index in [2.05, 4.69) is 42.6 Å². The van der Waals surface area contributed by atoms with Crippen LogP contribution in [0.1, 0.15) is 38.8 Å². The summed E-state index contributed by atoms with van der Waals surface area (Å²) in [4.78, 5) is 8.51. The van der Waals surface area contributed by atoms with Crippen LogP contribution in [-0.4, -0.2) is 17.5 Å². The van der Waals surface area contributed by atoms with Crippen molar-refractivity contribution in [3.05, 3.63) is 41.7 Å². The number of hydrogen-bond acceptors (Lipinski definition) is 2. The quantitative estimate of drug-likeness (QED) is 0.496. The number of hydrogen-bond donors (Lipinski definition) is 2. The minimum absolute atomic E-state index is 0.0771. The van der Waals surface area contributed by atoms with E-state index in [-0.39, 0.29) is 5.41 Å². The Hall–Kier alpha value is -1.84. The Morgan fingerprint density at radius 2 is 2.16 bits per heavy atom. The van der Waals surface area contributed by atoms with E-state index in [0.717, 1.165) is 11.1 Å². The molecule has 0 aliphatic rings. The number of aromatic nitrogens is 1. The number of pyridine rings is 1. The van der Waals surface area contributed by atoms with Gasteiger partial charge in [-0.25, -0.2) is 4.99 Å². The molecule has 0 aromatic carbocycles. The average molecular weight is 260 g/mol. The number of nitrogens with two attached hydrogens (primary N) is 1. The molecule has 0 spiro atoms. The third-order valence-corrected chi connectivity index (χ3v) is 2.70. The summed E-state index contributed by atoms with van der Waals surface area (Å²) in [6, 6.07) is 2.04. The molecule has 0 bridgehead atoms. The largest absolute Gasteiger partial charge is 0.370 e. The van der Waals surface area contributed by atoms with Crippen LogP contribution >= 0.6 is 0 Å². The number of aliphatic imine (C=N–C) groups is 1. The Labute approximate surface area is 115 Å². The minimum atomic E-state index is 0.0771. The molecule has 0 radical (unpaired) electrons. The first-order valence-corrected chi connectivity index (χ1v) is 6.42. The summed E-state index contributed by atoms with van der Waals surface area (Å²) in [5.41, 5.74) is 9.26. The lowest BCUT2D eigenvalue weighted by Gasteiger charge is -2.21. The Kier molecular flexibility index (Phi) is 5.10. The number of nitrogens with one attached hydrogen (secondary N) is 1. The van der Waals surface area contributed by atoms with Gasteiger partial charge in [0.2, 0.25) is 0 Å². The highest BCUT2D eigenvalue weighted by molar-refractivity contribution is 5.78.